The van der Waals surface area contributed by atoms with E-state index in [4.69, 9.17) is 0 Å². The smallest absolute Gasteiger partial charge is 0.325 e. The van der Waals surface area contributed by atoms with Crippen LogP contribution in [0.25, 0.3) is 0 Å². The molecule has 4 nitrogen and oxygen atoms in total. The van der Waals surface area contributed by atoms with E-state index in [1.807, 2.05) is 6.92 Å². The van der Waals surface area contributed by atoms with Gasteiger partial charge in [0.25, 0.3) is 5.91 Å². The van der Waals surface area contributed by atoms with E-state index in [0.717, 1.165) is 4.47 Å². The predicted octanol–water partition coefficient (Wildman–Crippen LogP) is 2.08. The molecule has 0 aromatic heterocycles. The number of amides is 1. The van der Waals surface area contributed by atoms with Crippen LogP contribution in [0.4, 0.5) is 0 Å². The second-order valence-electron chi connectivity index (χ2n) is 3.40. The Balaban J connectivity index is 2.78. The molecule has 0 atom stereocenters. The van der Waals surface area contributed by atoms with Gasteiger partial charge in [0.2, 0.25) is 0 Å². The van der Waals surface area contributed by atoms with Gasteiger partial charge in [0.15, 0.2) is 0 Å². The zero-order valence-corrected chi connectivity index (χ0v) is 11.4. The molecule has 0 unspecified atom stereocenters. The normalized spacial score (nSPS) is 9.82. The zero-order chi connectivity index (χ0) is 12.8. The third-order valence-corrected chi connectivity index (χ3v) is 2.84. The summed E-state index contributed by atoms with van der Waals surface area (Å²) in [7, 11) is 1.31. The highest BCUT2D eigenvalue weighted by Gasteiger charge is 2.17. The molecule has 0 saturated carbocycles. The first kappa shape index (κ1) is 13.7. The Kier molecular flexibility index (Phi) is 5.15. The number of methoxy groups -OCH3 is 1. The van der Waals surface area contributed by atoms with E-state index < -0.39 is 5.97 Å². The lowest BCUT2D eigenvalue weighted by atomic mass is 10.2. The second kappa shape index (κ2) is 6.39. The van der Waals surface area contributed by atoms with Gasteiger partial charge in [0, 0.05) is 16.6 Å². The largest absolute Gasteiger partial charge is 0.468 e. The molecular weight excluding hydrogens is 286 g/mol. The highest BCUT2D eigenvalue weighted by atomic mass is 79.9. The molecular formula is C12H14BrNO3. The molecule has 1 aromatic carbocycles. The molecule has 0 saturated heterocycles. The Bertz CT molecular complexity index is 403. The quantitative estimate of drug-likeness (QED) is 0.800. The van der Waals surface area contributed by atoms with Crippen molar-refractivity contribution in [2.45, 2.75) is 6.92 Å². The highest BCUT2D eigenvalue weighted by molar-refractivity contribution is 9.10. The summed E-state index contributed by atoms with van der Waals surface area (Å²) >= 11 is 3.30. The third kappa shape index (κ3) is 3.85. The van der Waals surface area contributed by atoms with E-state index in [9.17, 15) is 9.59 Å². The fraction of sp³-hybridized carbons (Fsp3) is 0.333. The van der Waals surface area contributed by atoms with Crippen molar-refractivity contribution in [3.63, 3.8) is 0 Å². The summed E-state index contributed by atoms with van der Waals surface area (Å²) < 4.78 is 5.45. The van der Waals surface area contributed by atoms with E-state index in [-0.39, 0.29) is 12.5 Å². The minimum absolute atomic E-state index is 0.0259. The number of likely N-dealkylation sites (N-methyl/N-ethyl adjacent to an activating group) is 1. The molecule has 0 aliphatic heterocycles. The highest BCUT2D eigenvalue weighted by Crippen LogP contribution is 2.12. The average Bonchev–Trinajstić information content (AvgIpc) is 2.35. The van der Waals surface area contributed by atoms with Crippen molar-refractivity contribution < 1.29 is 14.3 Å². The number of carbonyl (C=O) groups is 2. The standard InChI is InChI=1S/C12H14BrNO3/c1-3-14(8-11(15)17-2)12(16)9-4-6-10(13)7-5-9/h4-7H,3,8H2,1-2H3. The van der Waals surface area contributed by atoms with Gasteiger partial charge in [-0.25, -0.2) is 0 Å². The summed E-state index contributed by atoms with van der Waals surface area (Å²) in [5.74, 6) is -0.595. The molecule has 1 amide bonds. The maximum Gasteiger partial charge on any atom is 0.325 e. The van der Waals surface area contributed by atoms with E-state index in [1.165, 1.54) is 12.0 Å². The maximum absolute atomic E-state index is 12.0. The molecule has 5 heteroatoms. The summed E-state index contributed by atoms with van der Waals surface area (Å²) in [4.78, 5) is 24.6. The number of esters is 1. The lowest BCUT2D eigenvalue weighted by molar-refractivity contribution is -0.141. The monoisotopic (exact) mass is 299 g/mol. The number of ether oxygens (including phenoxy) is 1. The van der Waals surface area contributed by atoms with Crippen molar-refractivity contribution in [3.8, 4) is 0 Å². The van der Waals surface area contributed by atoms with Crippen LogP contribution in [0.2, 0.25) is 0 Å². The molecule has 0 fully saturated rings. The number of carbonyl (C=O) groups excluding carboxylic acids is 2. The molecule has 0 aliphatic rings. The first-order chi connectivity index (χ1) is 8.08. The van der Waals surface area contributed by atoms with E-state index >= 15 is 0 Å². The molecule has 1 aromatic rings. The predicted molar refractivity (Wildman–Crippen MR) is 67.7 cm³/mol. The van der Waals surface area contributed by atoms with Crippen LogP contribution in [0.15, 0.2) is 28.7 Å². The number of hydrogen-bond acceptors (Lipinski definition) is 3. The number of rotatable bonds is 4. The molecule has 92 valence electrons. The van der Waals surface area contributed by atoms with Gasteiger partial charge >= 0.3 is 5.97 Å². The van der Waals surface area contributed by atoms with E-state index in [1.54, 1.807) is 24.3 Å². The van der Waals surface area contributed by atoms with Crippen molar-refractivity contribution in [1.29, 1.82) is 0 Å². The number of benzene rings is 1. The van der Waals surface area contributed by atoms with Gasteiger partial charge in [-0.2, -0.15) is 0 Å². The number of hydrogen-bond donors (Lipinski definition) is 0. The summed E-state index contributed by atoms with van der Waals surface area (Å²) in [6, 6.07) is 7.01. The van der Waals surface area contributed by atoms with Crippen molar-refractivity contribution in [1.82, 2.24) is 4.90 Å². The lowest BCUT2D eigenvalue weighted by Gasteiger charge is -2.19. The Morgan fingerprint density at radius 1 is 1.29 bits per heavy atom. The van der Waals surface area contributed by atoms with Crippen LogP contribution >= 0.6 is 15.9 Å². The summed E-state index contributed by atoms with van der Waals surface area (Å²) in [6.07, 6.45) is 0. The van der Waals surface area contributed by atoms with Crippen LogP contribution in [0.1, 0.15) is 17.3 Å². The van der Waals surface area contributed by atoms with Crippen LogP contribution in [0.5, 0.6) is 0 Å². The van der Waals surface area contributed by atoms with Gasteiger partial charge in [-0.3, -0.25) is 9.59 Å². The van der Waals surface area contributed by atoms with Gasteiger partial charge < -0.3 is 9.64 Å². The fourth-order valence-electron chi connectivity index (χ4n) is 1.32. The maximum atomic E-state index is 12.0. The summed E-state index contributed by atoms with van der Waals surface area (Å²) in [5, 5.41) is 0. The lowest BCUT2D eigenvalue weighted by Crippen LogP contribution is -2.35. The number of halogens is 1. The number of nitrogens with zero attached hydrogens (tertiary/aromatic N) is 1. The van der Waals surface area contributed by atoms with Crippen LogP contribution in [-0.4, -0.2) is 37.0 Å². The second-order valence-corrected chi connectivity index (χ2v) is 4.32. The average molecular weight is 300 g/mol. The molecule has 0 bridgehead atoms. The SMILES string of the molecule is CCN(CC(=O)OC)C(=O)c1ccc(Br)cc1. The van der Waals surface area contributed by atoms with E-state index in [2.05, 4.69) is 20.7 Å². The minimum atomic E-state index is -0.419. The minimum Gasteiger partial charge on any atom is -0.468 e. The molecule has 0 N–H and O–H groups in total. The van der Waals surface area contributed by atoms with Crippen molar-refractivity contribution in [2.24, 2.45) is 0 Å². The first-order valence-electron chi connectivity index (χ1n) is 5.20. The molecule has 0 spiro atoms. The van der Waals surface area contributed by atoms with Crippen LogP contribution in [0, 0.1) is 0 Å². The summed E-state index contributed by atoms with van der Waals surface area (Å²) in [5.41, 5.74) is 0.555. The Morgan fingerprint density at radius 3 is 2.35 bits per heavy atom. The van der Waals surface area contributed by atoms with Crippen LogP contribution in [0.3, 0.4) is 0 Å². The van der Waals surface area contributed by atoms with Gasteiger partial charge in [-0.1, -0.05) is 15.9 Å². The Hall–Kier alpha value is -1.36. The molecule has 0 heterocycles. The van der Waals surface area contributed by atoms with Crippen molar-refractivity contribution in [3.05, 3.63) is 34.3 Å². The van der Waals surface area contributed by atoms with Gasteiger partial charge in [0.05, 0.1) is 7.11 Å². The molecule has 0 radical (unpaired) electrons. The topological polar surface area (TPSA) is 46.6 Å². The Labute approximate surface area is 109 Å². The molecule has 17 heavy (non-hydrogen) atoms. The van der Waals surface area contributed by atoms with Crippen LogP contribution in [-0.2, 0) is 9.53 Å². The van der Waals surface area contributed by atoms with E-state index in [0.29, 0.717) is 12.1 Å². The zero-order valence-electron chi connectivity index (χ0n) is 9.77. The van der Waals surface area contributed by atoms with Gasteiger partial charge in [-0.05, 0) is 31.2 Å². The third-order valence-electron chi connectivity index (χ3n) is 2.31. The summed E-state index contributed by atoms with van der Waals surface area (Å²) in [6.45, 7) is 2.26. The molecule has 1 rings (SSSR count). The van der Waals surface area contributed by atoms with Gasteiger partial charge in [-0.15, -0.1) is 0 Å². The Morgan fingerprint density at radius 2 is 1.88 bits per heavy atom. The van der Waals surface area contributed by atoms with Crippen LogP contribution < -0.4 is 0 Å². The van der Waals surface area contributed by atoms with Crippen molar-refractivity contribution in [2.75, 3.05) is 20.2 Å². The van der Waals surface area contributed by atoms with Crippen molar-refractivity contribution >= 4 is 27.8 Å². The fourth-order valence-corrected chi connectivity index (χ4v) is 1.59. The molecule has 0 aliphatic carbocycles. The first-order valence-corrected chi connectivity index (χ1v) is 5.99. The van der Waals surface area contributed by atoms with Gasteiger partial charge in [0.1, 0.15) is 6.54 Å².